The summed E-state index contributed by atoms with van der Waals surface area (Å²) >= 11 is 0. The molecule has 0 aliphatic rings. The predicted molar refractivity (Wildman–Crippen MR) is 101 cm³/mol. The Morgan fingerprint density at radius 3 is 2.70 bits per heavy atom. The van der Waals surface area contributed by atoms with Gasteiger partial charge < -0.3 is 9.15 Å². The Kier molecular flexibility index (Phi) is 6.22. The number of rotatable bonds is 8. The molecule has 0 unspecified atom stereocenters. The number of ether oxygens (including phenoxy) is 1. The number of hydrogen-bond acceptors (Lipinski definition) is 4. The molecule has 2 aromatic carbocycles. The molecule has 0 fully saturated rings. The molecule has 0 N–H and O–H groups in total. The van der Waals surface area contributed by atoms with Crippen molar-refractivity contribution in [1.29, 1.82) is 5.26 Å². The van der Waals surface area contributed by atoms with Crippen molar-refractivity contribution in [2.75, 3.05) is 0 Å². The number of aromatic nitrogens is 1. The molecule has 138 valence electrons. The molecule has 0 amide bonds. The van der Waals surface area contributed by atoms with Gasteiger partial charge in [-0.2, -0.15) is 5.26 Å². The van der Waals surface area contributed by atoms with Crippen molar-refractivity contribution in [2.45, 2.75) is 39.2 Å². The SMILES string of the molecule is Cc1oc(-c2ccccc2)nc1COc1ccc(CCCCC#N)cc1F. The number of halogens is 1. The lowest BCUT2D eigenvalue weighted by Gasteiger charge is -2.08. The second kappa shape index (κ2) is 9.00. The van der Waals surface area contributed by atoms with Crippen LogP contribution in [0.5, 0.6) is 5.75 Å². The van der Waals surface area contributed by atoms with E-state index in [0.717, 1.165) is 30.4 Å². The topological polar surface area (TPSA) is 59.1 Å². The Balaban J connectivity index is 1.62. The van der Waals surface area contributed by atoms with Crippen LogP contribution in [0, 0.1) is 24.1 Å². The maximum absolute atomic E-state index is 14.3. The quantitative estimate of drug-likeness (QED) is 0.488. The van der Waals surface area contributed by atoms with E-state index in [-0.39, 0.29) is 12.4 Å². The first-order valence-electron chi connectivity index (χ1n) is 8.97. The monoisotopic (exact) mass is 364 g/mol. The summed E-state index contributed by atoms with van der Waals surface area (Å²) in [6.45, 7) is 1.96. The highest BCUT2D eigenvalue weighted by Crippen LogP contribution is 2.24. The summed E-state index contributed by atoms with van der Waals surface area (Å²) in [4.78, 5) is 4.46. The molecule has 0 atom stereocenters. The normalized spacial score (nSPS) is 10.6. The average molecular weight is 364 g/mol. The van der Waals surface area contributed by atoms with Gasteiger partial charge in [0.05, 0.1) is 6.07 Å². The number of unbranched alkanes of at least 4 members (excludes halogenated alkanes) is 2. The van der Waals surface area contributed by atoms with Gasteiger partial charge >= 0.3 is 0 Å². The van der Waals surface area contributed by atoms with Crippen molar-refractivity contribution in [3.63, 3.8) is 0 Å². The zero-order valence-electron chi connectivity index (χ0n) is 15.2. The van der Waals surface area contributed by atoms with Crippen molar-refractivity contribution < 1.29 is 13.5 Å². The molecule has 1 heterocycles. The molecule has 0 saturated heterocycles. The number of benzene rings is 2. The molecule has 0 saturated carbocycles. The number of hydrogen-bond donors (Lipinski definition) is 0. The van der Waals surface area contributed by atoms with Crippen LogP contribution in [-0.2, 0) is 13.0 Å². The smallest absolute Gasteiger partial charge is 0.226 e. The van der Waals surface area contributed by atoms with Crippen LogP contribution in [-0.4, -0.2) is 4.98 Å². The Hall–Kier alpha value is -3.13. The summed E-state index contributed by atoms with van der Waals surface area (Å²) in [5.41, 5.74) is 2.44. The fourth-order valence-corrected chi connectivity index (χ4v) is 2.76. The summed E-state index contributed by atoms with van der Waals surface area (Å²) in [6, 6.07) is 16.7. The summed E-state index contributed by atoms with van der Waals surface area (Å²) < 4.78 is 25.6. The third kappa shape index (κ3) is 4.95. The first-order chi connectivity index (χ1) is 13.2. The summed E-state index contributed by atoms with van der Waals surface area (Å²) in [5, 5.41) is 8.54. The average Bonchev–Trinajstić information content (AvgIpc) is 3.06. The molecule has 0 spiro atoms. The van der Waals surface area contributed by atoms with Crippen LogP contribution in [0.1, 0.15) is 36.3 Å². The van der Waals surface area contributed by atoms with Gasteiger partial charge in [0, 0.05) is 12.0 Å². The van der Waals surface area contributed by atoms with Crippen molar-refractivity contribution in [2.24, 2.45) is 0 Å². The molecule has 0 bridgehead atoms. The van der Waals surface area contributed by atoms with Gasteiger partial charge in [-0.15, -0.1) is 0 Å². The van der Waals surface area contributed by atoms with Gasteiger partial charge in [-0.05, 0) is 56.0 Å². The zero-order chi connectivity index (χ0) is 19.1. The molecule has 3 aromatic rings. The lowest BCUT2D eigenvalue weighted by molar-refractivity contribution is 0.284. The maximum Gasteiger partial charge on any atom is 0.226 e. The third-order valence-electron chi connectivity index (χ3n) is 4.28. The van der Waals surface area contributed by atoms with Gasteiger partial charge in [0.25, 0.3) is 0 Å². The molecule has 5 heteroatoms. The van der Waals surface area contributed by atoms with E-state index in [1.54, 1.807) is 6.07 Å². The van der Waals surface area contributed by atoms with Gasteiger partial charge in [-0.1, -0.05) is 24.3 Å². The van der Waals surface area contributed by atoms with Crippen LogP contribution in [0.3, 0.4) is 0 Å². The molecular weight excluding hydrogens is 343 g/mol. The highest BCUT2D eigenvalue weighted by Gasteiger charge is 2.13. The molecule has 3 rings (SSSR count). The fraction of sp³-hybridized carbons (Fsp3) is 0.273. The van der Waals surface area contributed by atoms with Gasteiger partial charge in [0.1, 0.15) is 18.1 Å². The Labute approximate surface area is 158 Å². The Bertz CT molecular complexity index is 929. The van der Waals surface area contributed by atoms with E-state index >= 15 is 0 Å². The van der Waals surface area contributed by atoms with E-state index in [1.807, 2.05) is 43.3 Å². The molecule has 0 radical (unpaired) electrons. The lowest BCUT2D eigenvalue weighted by atomic mass is 10.1. The number of aryl methyl sites for hydroxylation is 2. The van der Waals surface area contributed by atoms with Gasteiger partial charge in [0.15, 0.2) is 11.6 Å². The second-order valence-electron chi connectivity index (χ2n) is 6.31. The zero-order valence-corrected chi connectivity index (χ0v) is 15.2. The Morgan fingerprint density at radius 2 is 1.96 bits per heavy atom. The molecule has 0 aliphatic heterocycles. The third-order valence-corrected chi connectivity index (χ3v) is 4.28. The summed E-state index contributed by atoms with van der Waals surface area (Å²) in [5.74, 6) is 0.986. The van der Waals surface area contributed by atoms with Crippen LogP contribution in [0.2, 0.25) is 0 Å². The first-order valence-corrected chi connectivity index (χ1v) is 8.97. The molecule has 27 heavy (non-hydrogen) atoms. The van der Waals surface area contributed by atoms with Crippen LogP contribution in [0.15, 0.2) is 52.9 Å². The van der Waals surface area contributed by atoms with E-state index in [9.17, 15) is 4.39 Å². The van der Waals surface area contributed by atoms with Crippen LogP contribution in [0.25, 0.3) is 11.5 Å². The second-order valence-corrected chi connectivity index (χ2v) is 6.31. The Morgan fingerprint density at radius 1 is 1.15 bits per heavy atom. The number of oxazole rings is 1. The van der Waals surface area contributed by atoms with Crippen molar-refractivity contribution in [3.05, 3.63) is 71.4 Å². The predicted octanol–water partition coefficient (Wildman–Crippen LogP) is 5.60. The fourth-order valence-electron chi connectivity index (χ4n) is 2.76. The standard InChI is InChI=1S/C22H21FN2O2/c1-16-20(25-22(27-16)18-9-5-2-6-10-18)15-26-21-12-11-17(14-19(21)23)8-4-3-7-13-24/h2,5-6,9-12,14H,3-4,7-8,15H2,1H3. The van der Waals surface area contributed by atoms with Crippen molar-refractivity contribution >= 4 is 0 Å². The van der Waals surface area contributed by atoms with Crippen LogP contribution < -0.4 is 4.74 Å². The van der Waals surface area contributed by atoms with Gasteiger partial charge in [-0.3, -0.25) is 0 Å². The van der Waals surface area contributed by atoms with Gasteiger partial charge in [-0.25, -0.2) is 9.37 Å². The summed E-state index contributed by atoms with van der Waals surface area (Å²) in [6.07, 6.45) is 2.98. The van der Waals surface area contributed by atoms with Crippen molar-refractivity contribution in [3.8, 4) is 23.3 Å². The van der Waals surface area contributed by atoms with E-state index in [4.69, 9.17) is 14.4 Å². The first kappa shape index (κ1) is 18.7. The molecule has 0 aliphatic carbocycles. The largest absolute Gasteiger partial charge is 0.484 e. The van der Waals surface area contributed by atoms with E-state index in [0.29, 0.717) is 23.8 Å². The highest BCUT2D eigenvalue weighted by atomic mass is 19.1. The minimum Gasteiger partial charge on any atom is -0.484 e. The van der Waals surface area contributed by atoms with E-state index in [1.165, 1.54) is 6.07 Å². The highest BCUT2D eigenvalue weighted by molar-refractivity contribution is 5.53. The van der Waals surface area contributed by atoms with Crippen molar-refractivity contribution in [1.82, 2.24) is 4.98 Å². The minimum absolute atomic E-state index is 0.139. The maximum atomic E-state index is 14.3. The van der Waals surface area contributed by atoms with Crippen LogP contribution in [0.4, 0.5) is 4.39 Å². The van der Waals surface area contributed by atoms with E-state index < -0.39 is 5.82 Å². The number of nitrogens with zero attached hydrogens (tertiary/aromatic N) is 2. The minimum atomic E-state index is -0.391. The molecule has 1 aromatic heterocycles. The summed E-state index contributed by atoms with van der Waals surface area (Å²) in [7, 11) is 0. The van der Waals surface area contributed by atoms with E-state index in [2.05, 4.69) is 11.1 Å². The molecule has 4 nitrogen and oxygen atoms in total. The number of nitriles is 1. The van der Waals surface area contributed by atoms with Gasteiger partial charge in [0.2, 0.25) is 5.89 Å². The van der Waals surface area contributed by atoms with Crippen LogP contribution >= 0.6 is 0 Å². The lowest BCUT2D eigenvalue weighted by Crippen LogP contribution is -2.00. The molecular formula is C22H21FN2O2.